The van der Waals surface area contributed by atoms with Gasteiger partial charge in [0.05, 0.1) is 6.04 Å². The van der Waals surface area contributed by atoms with E-state index < -0.39 is 11.8 Å². The first-order valence-electron chi connectivity index (χ1n) is 7.84. The van der Waals surface area contributed by atoms with Gasteiger partial charge >= 0.3 is 11.8 Å². The molecule has 6 heteroatoms. The van der Waals surface area contributed by atoms with Gasteiger partial charge in [-0.2, -0.15) is 0 Å². The van der Waals surface area contributed by atoms with Gasteiger partial charge in [0, 0.05) is 24.1 Å². The molecule has 2 aromatic rings. The van der Waals surface area contributed by atoms with Gasteiger partial charge in [-0.15, -0.1) is 0 Å². The van der Waals surface area contributed by atoms with Crippen LogP contribution in [-0.2, 0) is 9.59 Å². The zero-order valence-corrected chi connectivity index (χ0v) is 14.3. The second-order valence-corrected chi connectivity index (χ2v) is 5.71. The number of hydrogen-bond donors (Lipinski definition) is 2. The third-order valence-corrected chi connectivity index (χ3v) is 3.32. The normalized spacial score (nSPS) is 11.3. The van der Waals surface area contributed by atoms with E-state index in [4.69, 9.17) is 4.74 Å². The van der Waals surface area contributed by atoms with Crippen molar-refractivity contribution in [3.8, 4) is 5.75 Å². The summed E-state index contributed by atoms with van der Waals surface area (Å²) in [5.74, 6) is -0.873. The van der Waals surface area contributed by atoms with Crippen LogP contribution in [-0.4, -0.2) is 23.4 Å². The second-order valence-electron chi connectivity index (χ2n) is 5.71. The molecule has 6 nitrogen and oxygen atoms in total. The molecule has 0 aliphatic carbocycles. The predicted octanol–water partition coefficient (Wildman–Crippen LogP) is 2.85. The van der Waals surface area contributed by atoms with Crippen LogP contribution in [0.25, 0.3) is 0 Å². The molecule has 0 spiro atoms. The molecule has 0 aliphatic heterocycles. The topological polar surface area (TPSA) is 80.3 Å². The van der Waals surface area contributed by atoms with Crippen LogP contribution in [0.4, 0.5) is 5.69 Å². The second kappa shape index (κ2) is 8.63. The van der Waals surface area contributed by atoms with Gasteiger partial charge in [-0.25, -0.2) is 0 Å². The van der Waals surface area contributed by atoms with Gasteiger partial charge in [0.25, 0.3) is 0 Å². The molecule has 0 fully saturated rings. The first-order chi connectivity index (χ1) is 12.0. The molecule has 1 atom stereocenters. The Morgan fingerprint density at radius 2 is 2.04 bits per heavy atom. The first kappa shape index (κ1) is 18.2. The van der Waals surface area contributed by atoms with Crippen molar-refractivity contribution >= 4 is 17.5 Å². The van der Waals surface area contributed by atoms with Crippen LogP contribution < -0.4 is 15.4 Å². The summed E-state index contributed by atoms with van der Waals surface area (Å²) in [6, 6.07) is 10.1. The van der Waals surface area contributed by atoms with Crippen LogP contribution in [0, 0.1) is 0 Å². The maximum Gasteiger partial charge on any atom is 0.313 e. The third kappa shape index (κ3) is 5.76. The van der Waals surface area contributed by atoms with Crippen molar-refractivity contribution in [1.82, 2.24) is 10.3 Å². The number of amides is 2. The minimum atomic E-state index is -0.743. The maximum absolute atomic E-state index is 12.1. The lowest BCUT2D eigenvalue weighted by Crippen LogP contribution is -2.36. The Balaban J connectivity index is 1.93. The van der Waals surface area contributed by atoms with E-state index in [-0.39, 0.29) is 6.04 Å². The van der Waals surface area contributed by atoms with Crippen LogP contribution in [0.2, 0.25) is 0 Å². The third-order valence-electron chi connectivity index (χ3n) is 3.32. The highest BCUT2D eigenvalue weighted by Crippen LogP contribution is 2.18. The highest BCUT2D eigenvalue weighted by molar-refractivity contribution is 6.39. The molecular weight excluding hydrogens is 318 g/mol. The number of benzene rings is 1. The number of aromatic nitrogens is 1. The molecule has 0 saturated carbocycles. The first-order valence-corrected chi connectivity index (χ1v) is 7.84. The summed E-state index contributed by atoms with van der Waals surface area (Å²) in [6.45, 7) is 7.80. The molecular formula is C19H21N3O3. The number of nitrogens with zero attached hydrogens (tertiary/aromatic N) is 1. The fraction of sp³-hybridized carbons (Fsp3) is 0.211. The molecule has 0 saturated heterocycles. The Morgan fingerprint density at radius 1 is 1.24 bits per heavy atom. The summed E-state index contributed by atoms with van der Waals surface area (Å²) in [5, 5.41) is 5.19. The minimum absolute atomic E-state index is 0.322. The summed E-state index contributed by atoms with van der Waals surface area (Å²) < 4.78 is 5.51. The van der Waals surface area contributed by atoms with E-state index in [1.165, 1.54) is 0 Å². The van der Waals surface area contributed by atoms with Gasteiger partial charge in [-0.1, -0.05) is 18.7 Å². The van der Waals surface area contributed by atoms with Gasteiger partial charge in [0.2, 0.25) is 0 Å². The van der Waals surface area contributed by atoms with Crippen molar-refractivity contribution < 1.29 is 14.3 Å². The number of carbonyl (C=O) groups excluding carboxylic acids is 2. The number of carbonyl (C=O) groups is 2. The van der Waals surface area contributed by atoms with Crippen molar-refractivity contribution in [2.45, 2.75) is 19.9 Å². The van der Waals surface area contributed by atoms with Gasteiger partial charge in [0.1, 0.15) is 12.4 Å². The number of rotatable bonds is 6. The Morgan fingerprint density at radius 3 is 2.72 bits per heavy atom. The van der Waals surface area contributed by atoms with Gasteiger partial charge in [-0.3, -0.25) is 14.6 Å². The molecule has 2 amide bonds. The Labute approximate surface area is 146 Å². The monoisotopic (exact) mass is 339 g/mol. The lowest BCUT2D eigenvalue weighted by Gasteiger charge is -2.14. The van der Waals surface area contributed by atoms with E-state index in [1.54, 1.807) is 49.6 Å². The van der Waals surface area contributed by atoms with E-state index in [0.717, 1.165) is 11.1 Å². The Kier molecular flexibility index (Phi) is 6.28. The van der Waals surface area contributed by atoms with Crippen LogP contribution >= 0.6 is 0 Å². The summed E-state index contributed by atoms with van der Waals surface area (Å²) in [5.41, 5.74) is 2.19. The number of ether oxygens (including phenoxy) is 1. The fourth-order valence-corrected chi connectivity index (χ4v) is 2.04. The molecule has 0 bridgehead atoms. The smallest absolute Gasteiger partial charge is 0.313 e. The summed E-state index contributed by atoms with van der Waals surface area (Å²) in [6.07, 6.45) is 3.29. The van der Waals surface area contributed by atoms with Gasteiger partial charge in [0.15, 0.2) is 0 Å². The predicted molar refractivity (Wildman–Crippen MR) is 96.2 cm³/mol. The average Bonchev–Trinajstić information content (AvgIpc) is 2.61. The number of nitrogens with one attached hydrogen (secondary N) is 2. The average molecular weight is 339 g/mol. The number of pyridine rings is 1. The van der Waals surface area contributed by atoms with E-state index >= 15 is 0 Å². The number of hydrogen-bond acceptors (Lipinski definition) is 4. The summed E-state index contributed by atoms with van der Waals surface area (Å²) in [7, 11) is 0. The van der Waals surface area contributed by atoms with E-state index in [2.05, 4.69) is 22.2 Å². The van der Waals surface area contributed by atoms with E-state index in [0.29, 0.717) is 18.0 Å². The molecule has 0 unspecified atom stereocenters. The van der Waals surface area contributed by atoms with Crippen LogP contribution in [0.1, 0.15) is 25.5 Å². The van der Waals surface area contributed by atoms with Gasteiger partial charge in [-0.05, 0) is 43.2 Å². The summed E-state index contributed by atoms with van der Waals surface area (Å²) >= 11 is 0. The van der Waals surface area contributed by atoms with E-state index in [9.17, 15) is 9.59 Å². The highest BCUT2D eigenvalue weighted by Gasteiger charge is 2.17. The lowest BCUT2D eigenvalue weighted by atomic mass is 10.1. The molecule has 1 aromatic carbocycles. The molecule has 0 radical (unpaired) electrons. The molecule has 1 aromatic heterocycles. The van der Waals surface area contributed by atoms with Crippen molar-refractivity contribution in [1.29, 1.82) is 0 Å². The fourth-order valence-electron chi connectivity index (χ4n) is 2.04. The van der Waals surface area contributed by atoms with E-state index in [1.807, 2.05) is 13.0 Å². The van der Waals surface area contributed by atoms with Crippen LogP contribution in [0.5, 0.6) is 5.75 Å². The highest BCUT2D eigenvalue weighted by atomic mass is 16.5. The van der Waals surface area contributed by atoms with Crippen LogP contribution in [0.15, 0.2) is 60.9 Å². The lowest BCUT2D eigenvalue weighted by molar-refractivity contribution is -0.136. The van der Waals surface area contributed by atoms with Gasteiger partial charge < -0.3 is 15.4 Å². The van der Waals surface area contributed by atoms with Crippen molar-refractivity contribution in [2.24, 2.45) is 0 Å². The van der Waals surface area contributed by atoms with Crippen molar-refractivity contribution in [3.63, 3.8) is 0 Å². The SMILES string of the molecule is C=C(C)COc1cccc(NC(=O)C(=O)N[C@@H](C)c2cccnc2)c1. The number of anilines is 1. The molecule has 0 aliphatic rings. The summed E-state index contributed by atoms with van der Waals surface area (Å²) in [4.78, 5) is 28.1. The standard InChI is InChI=1S/C19H21N3O3/c1-13(2)12-25-17-8-4-7-16(10-17)22-19(24)18(23)21-14(3)15-6-5-9-20-11-15/h4-11,14H,1,12H2,2-3H3,(H,21,23)(H,22,24)/t14-/m0/s1. The molecule has 25 heavy (non-hydrogen) atoms. The minimum Gasteiger partial charge on any atom is -0.489 e. The molecule has 2 N–H and O–H groups in total. The largest absolute Gasteiger partial charge is 0.489 e. The molecule has 1 heterocycles. The zero-order valence-electron chi connectivity index (χ0n) is 14.3. The molecule has 130 valence electrons. The quantitative estimate of drug-likeness (QED) is 0.626. The van der Waals surface area contributed by atoms with Crippen molar-refractivity contribution in [2.75, 3.05) is 11.9 Å². The Bertz CT molecular complexity index is 760. The maximum atomic E-state index is 12.1. The molecule has 2 rings (SSSR count). The Hall–Kier alpha value is -3.15. The zero-order chi connectivity index (χ0) is 18.2. The van der Waals surface area contributed by atoms with Crippen LogP contribution in [0.3, 0.4) is 0 Å². The van der Waals surface area contributed by atoms with Crippen molar-refractivity contribution in [3.05, 3.63) is 66.5 Å².